The van der Waals surface area contributed by atoms with Gasteiger partial charge in [0, 0.05) is 49.1 Å². The lowest BCUT2D eigenvalue weighted by Crippen LogP contribution is -2.44. The molecule has 142 valence electrons. The monoisotopic (exact) mass is 389 g/mol. The van der Waals surface area contributed by atoms with E-state index in [1.54, 1.807) is 11.3 Å². The number of fused-ring (bicyclic) bond motifs is 1. The van der Waals surface area contributed by atoms with E-state index in [-0.39, 0.29) is 0 Å². The molecule has 1 saturated carbocycles. The lowest BCUT2D eigenvalue weighted by molar-refractivity contribution is 0.313. The Morgan fingerprint density at radius 2 is 1.89 bits per heavy atom. The van der Waals surface area contributed by atoms with E-state index in [0.717, 1.165) is 47.3 Å². The number of nitrogens with zero attached hydrogens (tertiary/aromatic N) is 4. The van der Waals surface area contributed by atoms with Gasteiger partial charge in [0.15, 0.2) is 0 Å². The van der Waals surface area contributed by atoms with Gasteiger partial charge in [-0.2, -0.15) is 5.26 Å². The van der Waals surface area contributed by atoms with Crippen molar-refractivity contribution in [3.8, 4) is 6.07 Å². The number of hydrogen-bond acceptors (Lipinski definition) is 6. The van der Waals surface area contributed by atoms with Crippen molar-refractivity contribution in [3.63, 3.8) is 0 Å². The van der Waals surface area contributed by atoms with Gasteiger partial charge in [-0.25, -0.2) is 4.98 Å². The van der Waals surface area contributed by atoms with Gasteiger partial charge in [-0.05, 0) is 61.7 Å². The molecule has 0 bridgehead atoms. The largest absolute Gasteiger partial charge is 0.369 e. The minimum Gasteiger partial charge on any atom is -0.369 e. The van der Waals surface area contributed by atoms with Gasteiger partial charge >= 0.3 is 0 Å². The molecular weight excluding hydrogens is 366 g/mol. The number of benzene rings is 1. The normalized spacial score (nSPS) is 17.6. The Morgan fingerprint density at radius 1 is 1.14 bits per heavy atom. The van der Waals surface area contributed by atoms with E-state index >= 15 is 0 Å². The van der Waals surface area contributed by atoms with Crippen LogP contribution in [0.2, 0.25) is 0 Å². The van der Waals surface area contributed by atoms with E-state index in [9.17, 15) is 5.26 Å². The fourth-order valence-electron chi connectivity index (χ4n) is 3.92. The average Bonchev–Trinajstić information content (AvgIpc) is 3.49. The highest BCUT2D eigenvalue weighted by Gasteiger charge is 2.30. The topological polar surface area (TPSA) is 55.2 Å². The second-order valence-electron chi connectivity index (χ2n) is 7.76. The molecule has 3 aromatic rings. The number of aromatic nitrogens is 1. The highest BCUT2D eigenvalue weighted by Crippen LogP contribution is 2.48. The predicted octanol–water partition coefficient (Wildman–Crippen LogP) is 4.54. The SMILES string of the molecule is CN1CCN(c2ccc(Nc3cc4c(C5CC5)c(C#N)sc4cn3)cc2)CC1. The quantitative estimate of drug-likeness (QED) is 0.710. The highest BCUT2D eigenvalue weighted by molar-refractivity contribution is 7.19. The molecule has 1 aromatic carbocycles. The third-order valence-corrected chi connectivity index (χ3v) is 6.77. The molecule has 1 aliphatic carbocycles. The number of rotatable bonds is 4. The van der Waals surface area contributed by atoms with Crippen molar-refractivity contribution in [1.29, 1.82) is 5.26 Å². The molecule has 5 rings (SSSR count). The van der Waals surface area contributed by atoms with Crippen LogP contribution in [-0.4, -0.2) is 43.1 Å². The van der Waals surface area contributed by atoms with Crippen LogP contribution < -0.4 is 10.2 Å². The fourth-order valence-corrected chi connectivity index (χ4v) is 4.96. The zero-order chi connectivity index (χ0) is 19.1. The molecule has 5 nitrogen and oxygen atoms in total. The minimum absolute atomic E-state index is 0.557. The van der Waals surface area contributed by atoms with Crippen molar-refractivity contribution in [1.82, 2.24) is 9.88 Å². The number of piperazine rings is 1. The van der Waals surface area contributed by atoms with Crippen molar-refractivity contribution in [2.45, 2.75) is 18.8 Å². The van der Waals surface area contributed by atoms with Crippen LogP contribution in [-0.2, 0) is 0 Å². The summed E-state index contributed by atoms with van der Waals surface area (Å²) >= 11 is 1.56. The summed E-state index contributed by atoms with van der Waals surface area (Å²) < 4.78 is 1.11. The van der Waals surface area contributed by atoms with Crippen LogP contribution in [0.25, 0.3) is 10.1 Å². The maximum atomic E-state index is 9.47. The number of anilines is 3. The standard InChI is InChI=1S/C22H23N5S/c1-26-8-10-27(11-9-26)17-6-4-16(5-7-17)25-21-12-18-20(14-24-21)28-19(13-23)22(18)15-2-3-15/h4-7,12,14-15H,2-3,8-11H2,1H3,(H,24,25). The number of hydrogen-bond donors (Lipinski definition) is 1. The number of nitriles is 1. The first kappa shape index (κ1) is 17.5. The van der Waals surface area contributed by atoms with E-state index in [1.165, 1.54) is 29.5 Å². The third-order valence-electron chi connectivity index (χ3n) is 5.71. The van der Waals surface area contributed by atoms with Crippen LogP contribution in [0.5, 0.6) is 0 Å². The van der Waals surface area contributed by atoms with E-state index in [2.05, 4.69) is 63.5 Å². The first-order valence-corrected chi connectivity index (χ1v) is 10.7. The summed E-state index contributed by atoms with van der Waals surface area (Å²) in [5, 5.41) is 14.1. The summed E-state index contributed by atoms with van der Waals surface area (Å²) in [7, 11) is 2.18. The number of likely N-dealkylation sites (N-methyl/N-ethyl adjacent to an activating group) is 1. The maximum Gasteiger partial charge on any atom is 0.130 e. The lowest BCUT2D eigenvalue weighted by Gasteiger charge is -2.34. The Bertz CT molecular complexity index is 1040. The molecule has 0 radical (unpaired) electrons. The van der Waals surface area contributed by atoms with Crippen molar-refractivity contribution >= 4 is 38.6 Å². The summed E-state index contributed by atoms with van der Waals surface area (Å²) in [6, 6.07) is 13.1. The Morgan fingerprint density at radius 3 is 2.57 bits per heavy atom. The molecule has 1 N–H and O–H groups in total. The summed E-state index contributed by atoms with van der Waals surface area (Å²) in [5.74, 6) is 1.39. The molecule has 0 spiro atoms. The van der Waals surface area contributed by atoms with Gasteiger partial charge in [0.25, 0.3) is 0 Å². The zero-order valence-corrected chi connectivity index (χ0v) is 16.8. The van der Waals surface area contributed by atoms with Crippen LogP contribution in [0.15, 0.2) is 36.5 Å². The average molecular weight is 390 g/mol. The second-order valence-corrected chi connectivity index (χ2v) is 8.81. The molecule has 1 saturated heterocycles. The molecular formula is C22H23N5S. The van der Waals surface area contributed by atoms with E-state index < -0.39 is 0 Å². The Hall–Kier alpha value is -2.62. The highest BCUT2D eigenvalue weighted by atomic mass is 32.1. The summed E-state index contributed by atoms with van der Waals surface area (Å²) in [4.78, 5) is 10.2. The summed E-state index contributed by atoms with van der Waals surface area (Å²) in [6.07, 6.45) is 4.28. The lowest BCUT2D eigenvalue weighted by atomic mass is 10.1. The summed E-state index contributed by atoms with van der Waals surface area (Å²) in [5.41, 5.74) is 3.54. The van der Waals surface area contributed by atoms with Crippen molar-refractivity contribution < 1.29 is 0 Å². The van der Waals surface area contributed by atoms with Gasteiger partial charge in [-0.15, -0.1) is 11.3 Å². The molecule has 3 heterocycles. The van der Waals surface area contributed by atoms with Crippen LogP contribution in [0.4, 0.5) is 17.2 Å². The first-order chi connectivity index (χ1) is 13.7. The molecule has 0 atom stereocenters. The van der Waals surface area contributed by atoms with Crippen LogP contribution >= 0.6 is 11.3 Å². The van der Waals surface area contributed by atoms with E-state index in [1.807, 2.05) is 6.20 Å². The molecule has 28 heavy (non-hydrogen) atoms. The predicted molar refractivity (Wildman–Crippen MR) is 116 cm³/mol. The van der Waals surface area contributed by atoms with Gasteiger partial charge in [-0.3, -0.25) is 0 Å². The molecule has 6 heteroatoms. The summed E-state index contributed by atoms with van der Waals surface area (Å²) in [6.45, 7) is 4.37. The number of nitrogens with one attached hydrogen (secondary N) is 1. The minimum atomic E-state index is 0.557. The first-order valence-electron chi connectivity index (χ1n) is 9.84. The molecule has 0 unspecified atom stereocenters. The smallest absolute Gasteiger partial charge is 0.130 e. The van der Waals surface area contributed by atoms with Crippen LogP contribution in [0.1, 0.15) is 29.2 Å². The van der Waals surface area contributed by atoms with Crippen LogP contribution in [0.3, 0.4) is 0 Å². The Labute approximate surface area is 169 Å². The molecule has 2 fully saturated rings. The Kier molecular flexibility index (Phi) is 4.42. The number of thiophene rings is 1. The van der Waals surface area contributed by atoms with E-state index in [0.29, 0.717) is 5.92 Å². The van der Waals surface area contributed by atoms with Gasteiger partial charge in [0.05, 0.1) is 4.70 Å². The zero-order valence-electron chi connectivity index (χ0n) is 16.0. The molecule has 1 aliphatic heterocycles. The molecule has 2 aromatic heterocycles. The van der Waals surface area contributed by atoms with Crippen molar-refractivity contribution in [2.24, 2.45) is 0 Å². The van der Waals surface area contributed by atoms with Crippen LogP contribution in [0, 0.1) is 11.3 Å². The molecule has 2 aliphatic rings. The van der Waals surface area contributed by atoms with Gasteiger partial charge in [-0.1, -0.05) is 0 Å². The molecule has 0 amide bonds. The third kappa shape index (κ3) is 3.32. The Balaban J connectivity index is 1.36. The fraction of sp³-hybridized carbons (Fsp3) is 0.364. The van der Waals surface area contributed by atoms with Gasteiger partial charge in [0.2, 0.25) is 0 Å². The maximum absolute atomic E-state index is 9.47. The second kappa shape index (κ2) is 7.08. The van der Waals surface area contributed by atoms with Gasteiger partial charge < -0.3 is 15.1 Å². The van der Waals surface area contributed by atoms with Crippen molar-refractivity contribution in [2.75, 3.05) is 43.4 Å². The van der Waals surface area contributed by atoms with Gasteiger partial charge in [0.1, 0.15) is 16.8 Å². The number of pyridine rings is 1. The van der Waals surface area contributed by atoms with Crippen molar-refractivity contribution in [3.05, 3.63) is 47.0 Å². The van der Waals surface area contributed by atoms with E-state index in [4.69, 9.17) is 0 Å².